The Balaban J connectivity index is 1.55. The third kappa shape index (κ3) is 3.88. The van der Waals surface area contributed by atoms with E-state index in [2.05, 4.69) is 10.1 Å². The van der Waals surface area contributed by atoms with E-state index >= 15 is 4.39 Å². The van der Waals surface area contributed by atoms with E-state index in [9.17, 15) is 14.7 Å². The van der Waals surface area contributed by atoms with Crippen molar-refractivity contribution in [3.63, 3.8) is 0 Å². The van der Waals surface area contributed by atoms with Gasteiger partial charge in [0.05, 0.1) is 52.5 Å². The van der Waals surface area contributed by atoms with Crippen molar-refractivity contribution in [3.8, 4) is 0 Å². The summed E-state index contributed by atoms with van der Waals surface area (Å²) in [4.78, 5) is 26.7. The molecule has 31 heavy (non-hydrogen) atoms. The molecule has 2 amide bonds. The third-order valence-corrected chi connectivity index (χ3v) is 5.29. The Bertz CT molecular complexity index is 1280. The molecule has 0 unspecified atom stereocenters. The molecule has 2 aliphatic rings. The van der Waals surface area contributed by atoms with Gasteiger partial charge in [0.15, 0.2) is 0 Å². The number of imide groups is 1. The number of hydrogen-bond donors (Lipinski definition) is 2. The highest BCUT2D eigenvalue weighted by molar-refractivity contribution is 6.21. The lowest BCUT2D eigenvalue weighted by molar-refractivity contribution is 0.00848. The number of amides is 2. The summed E-state index contributed by atoms with van der Waals surface area (Å²) < 4.78 is 83.1. The standard InChI is InChI=1S/C23H26FN3O4/c1-23(2,27-21(29)16-5-3-4-6-17(16)22(27)30)20(28)14-25-15-7-8-19(18(24)13-15)26-9-11-31-12-10-26/h3-8,13,20,25,28H,9-12,14H2,1-2H3/t20-/m1/s1/i9D2,10D2,11D2,12D2. The third-order valence-electron chi connectivity index (χ3n) is 5.29. The summed E-state index contributed by atoms with van der Waals surface area (Å²) in [5.74, 6) is -2.34. The van der Waals surface area contributed by atoms with Crippen LogP contribution in [0.15, 0.2) is 42.5 Å². The molecular formula is C23H26FN3O4. The lowest BCUT2D eigenvalue weighted by Crippen LogP contribution is -2.56. The molecule has 1 fully saturated rings. The van der Waals surface area contributed by atoms with Crippen molar-refractivity contribution in [1.82, 2.24) is 4.90 Å². The van der Waals surface area contributed by atoms with E-state index in [4.69, 9.17) is 11.0 Å². The van der Waals surface area contributed by atoms with Gasteiger partial charge in [-0.1, -0.05) is 12.1 Å². The Labute approximate surface area is 191 Å². The van der Waals surface area contributed by atoms with Crippen LogP contribution in [0.3, 0.4) is 0 Å². The first-order chi connectivity index (χ1) is 17.8. The van der Waals surface area contributed by atoms with E-state index in [-0.39, 0.29) is 28.3 Å². The smallest absolute Gasteiger partial charge is 0.262 e. The van der Waals surface area contributed by atoms with E-state index in [0.29, 0.717) is 0 Å². The Hall–Kier alpha value is -2.97. The van der Waals surface area contributed by atoms with Crippen molar-refractivity contribution in [3.05, 3.63) is 59.4 Å². The second-order valence-corrected chi connectivity index (χ2v) is 7.57. The number of carbonyl (C=O) groups is 2. The van der Waals surface area contributed by atoms with Crippen LogP contribution in [0.25, 0.3) is 0 Å². The summed E-state index contributed by atoms with van der Waals surface area (Å²) >= 11 is 0. The molecule has 1 saturated heterocycles. The number of fused-ring (bicyclic) bond motifs is 1. The normalized spacial score (nSPS) is 28.0. The maximum Gasteiger partial charge on any atom is 0.262 e. The van der Waals surface area contributed by atoms with Gasteiger partial charge in [-0.05, 0) is 44.2 Å². The van der Waals surface area contributed by atoms with Crippen molar-refractivity contribution in [2.75, 3.05) is 42.9 Å². The van der Waals surface area contributed by atoms with Crippen molar-refractivity contribution in [1.29, 1.82) is 0 Å². The number of hydrogen-bond acceptors (Lipinski definition) is 6. The average Bonchev–Trinajstić information content (AvgIpc) is 3.07. The van der Waals surface area contributed by atoms with Gasteiger partial charge in [-0.3, -0.25) is 14.5 Å². The molecule has 0 aromatic heterocycles. The average molecular weight is 436 g/mol. The molecule has 2 N–H and O–H groups in total. The molecule has 0 radical (unpaired) electrons. The molecule has 7 nitrogen and oxygen atoms in total. The Morgan fingerprint density at radius 3 is 2.35 bits per heavy atom. The van der Waals surface area contributed by atoms with E-state index in [1.165, 1.54) is 32.0 Å². The second kappa shape index (κ2) is 8.28. The van der Waals surface area contributed by atoms with E-state index in [1.807, 2.05) is 0 Å². The summed E-state index contributed by atoms with van der Waals surface area (Å²) in [7, 11) is 0. The Kier molecular flexibility index (Phi) is 3.59. The van der Waals surface area contributed by atoms with Gasteiger partial charge in [-0.15, -0.1) is 0 Å². The molecular weight excluding hydrogens is 401 g/mol. The van der Waals surface area contributed by atoms with Crippen molar-refractivity contribution < 1.29 is 34.8 Å². The number of morpholine rings is 1. The highest BCUT2D eigenvalue weighted by atomic mass is 19.1. The number of carbonyl (C=O) groups excluding carboxylic acids is 2. The number of nitrogens with one attached hydrogen (secondary N) is 1. The molecule has 0 aliphatic carbocycles. The number of aliphatic hydroxyl groups excluding tert-OH is 1. The van der Waals surface area contributed by atoms with E-state index in [0.717, 1.165) is 17.0 Å². The molecule has 0 saturated carbocycles. The van der Waals surface area contributed by atoms with Gasteiger partial charge >= 0.3 is 0 Å². The van der Waals surface area contributed by atoms with E-state index in [1.54, 1.807) is 12.1 Å². The molecule has 4 rings (SSSR count). The number of aliphatic hydroxyl groups is 1. The lowest BCUT2D eigenvalue weighted by atomic mass is 9.94. The van der Waals surface area contributed by atoms with Crippen LogP contribution in [0.2, 0.25) is 0 Å². The summed E-state index contributed by atoms with van der Waals surface area (Å²) in [5.41, 5.74) is -1.67. The van der Waals surface area contributed by atoms with Gasteiger partial charge < -0.3 is 20.1 Å². The predicted octanol–water partition coefficient (Wildman–Crippen LogP) is 2.51. The fourth-order valence-electron chi connectivity index (χ4n) is 3.44. The van der Waals surface area contributed by atoms with Gasteiger partial charge in [0.1, 0.15) is 5.82 Å². The molecule has 164 valence electrons. The molecule has 0 spiro atoms. The Morgan fingerprint density at radius 1 is 1.16 bits per heavy atom. The molecule has 2 aliphatic heterocycles. The first-order valence-electron chi connectivity index (χ1n) is 13.5. The minimum Gasteiger partial charge on any atom is -0.389 e. The largest absolute Gasteiger partial charge is 0.389 e. The van der Waals surface area contributed by atoms with Crippen molar-refractivity contribution in [2.45, 2.75) is 25.5 Å². The first kappa shape index (κ1) is 13.4. The monoisotopic (exact) mass is 435 g/mol. The summed E-state index contributed by atoms with van der Waals surface area (Å²) in [6, 6.07) is 9.23. The zero-order valence-electron chi connectivity index (χ0n) is 24.8. The number of rotatable bonds is 6. The number of ether oxygens (including phenoxy) is 1. The Morgan fingerprint density at radius 2 is 1.77 bits per heavy atom. The van der Waals surface area contributed by atoms with Crippen LogP contribution < -0.4 is 10.2 Å². The van der Waals surface area contributed by atoms with Crippen LogP contribution in [-0.4, -0.2) is 66.1 Å². The summed E-state index contributed by atoms with van der Waals surface area (Å²) in [5, 5.41) is 13.6. The summed E-state index contributed by atoms with van der Waals surface area (Å²) in [6.07, 6.45) is -1.33. The van der Waals surface area contributed by atoms with Crippen molar-refractivity contribution in [2.24, 2.45) is 0 Å². The topological polar surface area (TPSA) is 82.1 Å². The second-order valence-electron chi connectivity index (χ2n) is 7.57. The van der Waals surface area contributed by atoms with E-state index < -0.39 is 61.1 Å². The minimum atomic E-state index is -3.34. The van der Waals surface area contributed by atoms with Gasteiger partial charge in [0.2, 0.25) is 0 Å². The highest BCUT2D eigenvalue weighted by Gasteiger charge is 2.47. The fourth-order valence-corrected chi connectivity index (χ4v) is 3.44. The SMILES string of the molecule is [2H]C1([2H])OC([2H])([2H])C([2H])([2H])N(c2ccc(NC[C@@H](O)C(C)(C)N3C(=O)c4ccccc4C3=O)cc2F)C1([2H])[2H]. The molecule has 2 aromatic carbocycles. The van der Waals surface area contributed by atoms with Crippen LogP contribution in [0.4, 0.5) is 15.8 Å². The van der Waals surface area contributed by atoms with Crippen LogP contribution in [-0.2, 0) is 4.74 Å². The molecule has 2 aromatic rings. The molecule has 2 heterocycles. The van der Waals surface area contributed by atoms with Gasteiger partial charge in [0.25, 0.3) is 11.8 Å². The van der Waals surface area contributed by atoms with Gasteiger partial charge in [-0.25, -0.2) is 4.39 Å². The van der Waals surface area contributed by atoms with Crippen LogP contribution in [0.5, 0.6) is 0 Å². The fraction of sp³-hybridized carbons (Fsp3) is 0.391. The highest BCUT2D eigenvalue weighted by Crippen LogP contribution is 2.31. The molecule has 1 atom stereocenters. The number of halogens is 1. The first-order valence-corrected chi connectivity index (χ1v) is 9.47. The maximum absolute atomic E-state index is 15.2. The minimum absolute atomic E-state index is 0.0306. The zero-order chi connectivity index (χ0) is 29.3. The van der Waals surface area contributed by atoms with Gasteiger partial charge in [-0.2, -0.15) is 0 Å². The quantitative estimate of drug-likeness (QED) is 0.679. The summed E-state index contributed by atoms with van der Waals surface area (Å²) in [6.45, 7) is -10.6. The predicted molar refractivity (Wildman–Crippen MR) is 115 cm³/mol. The van der Waals surface area contributed by atoms with Crippen LogP contribution in [0.1, 0.15) is 45.5 Å². The number of anilines is 2. The zero-order valence-corrected chi connectivity index (χ0v) is 16.8. The van der Waals surface area contributed by atoms with Crippen molar-refractivity contribution >= 4 is 23.2 Å². The van der Waals surface area contributed by atoms with Gasteiger partial charge in [0, 0.05) is 25.2 Å². The van der Waals surface area contributed by atoms with Crippen LogP contribution in [0, 0.1) is 5.82 Å². The number of nitrogens with zero attached hydrogens (tertiary/aromatic N) is 2. The number of benzene rings is 2. The molecule has 0 bridgehead atoms. The molecule has 8 heteroatoms. The lowest BCUT2D eigenvalue weighted by Gasteiger charge is -2.38. The van der Waals surface area contributed by atoms with Crippen LogP contribution >= 0.6 is 0 Å². The maximum atomic E-state index is 15.2.